The van der Waals surface area contributed by atoms with Gasteiger partial charge in [0.05, 0.1) is 28.4 Å². The summed E-state index contributed by atoms with van der Waals surface area (Å²) in [6.07, 6.45) is 1.70. The molecule has 6 nitrogen and oxygen atoms in total. The zero-order chi connectivity index (χ0) is 23.4. The number of para-hydroxylation sites is 1. The van der Waals surface area contributed by atoms with Crippen LogP contribution in [0.4, 0.5) is 0 Å². The molecule has 0 amide bonds. The van der Waals surface area contributed by atoms with E-state index in [0.717, 1.165) is 42.2 Å². The van der Waals surface area contributed by atoms with E-state index in [9.17, 15) is 0 Å². The van der Waals surface area contributed by atoms with Crippen LogP contribution in [0.3, 0.4) is 0 Å². The SMILES string of the molecule is COc1cc2c(cc1OC)C(Cc1ccc(OC)c(OC)c1Oc1ccccc1)N(C)CC2. The highest BCUT2D eigenvalue weighted by Crippen LogP contribution is 2.45. The minimum absolute atomic E-state index is 0.143. The molecule has 0 N–H and O–H groups in total. The molecule has 3 aromatic rings. The normalized spacial score (nSPS) is 15.5. The fraction of sp³-hybridized carbons (Fsp3) is 0.333. The van der Waals surface area contributed by atoms with E-state index < -0.39 is 0 Å². The van der Waals surface area contributed by atoms with Crippen LogP contribution in [0.5, 0.6) is 34.5 Å². The summed E-state index contributed by atoms with van der Waals surface area (Å²) in [4.78, 5) is 2.37. The number of likely N-dealkylation sites (N-methyl/N-ethyl adjacent to an activating group) is 1. The number of hydrogen-bond donors (Lipinski definition) is 0. The monoisotopic (exact) mass is 449 g/mol. The third kappa shape index (κ3) is 4.57. The van der Waals surface area contributed by atoms with E-state index in [0.29, 0.717) is 17.2 Å². The molecule has 0 bridgehead atoms. The van der Waals surface area contributed by atoms with Gasteiger partial charge in [0.1, 0.15) is 5.75 Å². The van der Waals surface area contributed by atoms with Gasteiger partial charge in [-0.1, -0.05) is 24.3 Å². The topological polar surface area (TPSA) is 49.4 Å². The maximum absolute atomic E-state index is 6.35. The summed E-state index contributed by atoms with van der Waals surface area (Å²) in [7, 11) is 8.77. The van der Waals surface area contributed by atoms with Gasteiger partial charge in [-0.2, -0.15) is 0 Å². The summed E-state index contributed by atoms with van der Waals surface area (Å²) < 4.78 is 28.8. The van der Waals surface area contributed by atoms with Crippen LogP contribution in [-0.2, 0) is 12.8 Å². The zero-order valence-corrected chi connectivity index (χ0v) is 19.9. The molecule has 174 valence electrons. The largest absolute Gasteiger partial charge is 0.493 e. The molecular weight excluding hydrogens is 418 g/mol. The Kier molecular flexibility index (Phi) is 6.94. The Labute approximate surface area is 195 Å². The van der Waals surface area contributed by atoms with Gasteiger partial charge in [-0.05, 0) is 61.3 Å². The average Bonchev–Trinajstić information content (AvgIpc) is 2.86. The van der Waals surface area contributed by atoms with E-state index in [4.69, 9.17) is 23.7 Å². The lowest BCUT2D eigenvalue weighted by atomic mass is 9.88. The zero-order valence-electron chi connectivity index (χ0n) is 19.9. The Morgan fingerprint density at radius 3 is 2.15 bits per heavy atom. The van der Waals surface area contributed by atoms with Crippen molar-refractivity contribution in [3.63, 3.8) is 0 Å². The molecule has 0 saturated carbocycles. The van der Waals surface area contributed by atoms with Gasteiger partial charge in [0, 0.05) is 18.2 Å². The fourth-order valence-electron chi connectivity index (χ4n) is 4.45. The van der Waals surface area contributed by atoms with E-state index in [1.165, 1.54) is 11.1 Å². The number of fused-ring (bicyclic) bond motifs is 1. The van der Waals surface area contributed by atoms with Crippen LogP contribution in [0.25, 0.3) is 0 Å². The number of benzene rings is 3. The summed E-state index contributed by atoms with van der Waals surface area (Å²) in [5.74, 6) is 4.14. The van der Waals surface area contributed by atoms with Crippen molar-refractivity contribution in [2.24, 2.45) is 0 Å². The van der Waals surface area contributed by atoms with Crippen LogP contribution in [0.2, 0.25) is 0 Å². The number of nitrogens with zero attached hydrogens (tertiary/aromatic N) is 1. The van der Waals surface area contributed by atoms with Gasteiger partial charge in [-0.25, -0.2) is 0 Å². The van der Waals surface area contributed by atoms with Crippen molar-refractivity contribution in [3.05, 3.63) is 71.3 Å². The van der Waals surface area contributed by atoms with Gasteiger partial charge in [0.25, 0.3) is 0 Å². The molecule has 0 spiro atoms. The van der Waals surface area contributed by atoms with E-state index in [1.807, 2.05) is 36.4 Å². The fourth-order valence-corrected chi connectivity index (χ4v) is 4.45. The molecule has 0 radical (unpaired) electrons. The third-order valence-electron chi connectivity index (χ3n) is 6.23. The van der Waals surface area contributed by atoms with Crippen LogP contribution in [0, 0.1) is 0 Å². The molecule has 0 aromatic heterocycles. The minimum Gasteiger partial charge on any atom is -0.493 e. The third-order valence-corrected chi connectivity index (χ3v) is 6.23. The van der Waals surface area contributed by atoms with Crippen LogP contribution >= 0.6 is 0 Å². The van der Waals surface area contributed by atoms with E-state index in [-0.39, 0.29) is 6.04 Å². The second-order valence-electron chi connectivity index (χ2n) is 8.06. The summed E-state index contributed by atoms with van der Waals surface area (Å²) in [5.41, 5.74) is 3.56. The van der Waals surface area contributed by atoms with E-state index >= 15 is 0 Å². The molecule has 6 heteroatoms. The summed E-state index contributed by atoms with van der Waals surface area (Å²) in [6, 6.07) is 18.1. The lowest BCUT2D eigenvalue weighted by Gasteiger charge is -2.35. The van der Waals surface area contributed by atoms with Gasteiger partial charge in [-0.3, -0.25) is 4.90 Å². The Bertz CT molecular complexity index is 1100. The first-order valence-electron chi connectivity index (χ1n) is 11.0. The Morgan fingerprint density at radius 1 is 0.788 bits per heavy atom. The highest BCUT2D eigenvalue weighted by molar-refractivity contribution is 5.58. The van der Waals surface area contributed by atoms with Crippen molar-refractivity contribution in [2.45, 2.75) is 18.9 Å². The smallest absolute Gasteiger partial charge is 0.204 e. The molecule has 1 heterocycles. The standard InChI is InChI=1S/C27H31NO5/c1-28-14-13-18-16-24(30-3)25(31-4)17-21(18)22(28)15-19-11-12-23(29-2)27(32-5)26(19)33-20-9-7-6-8-10-20/h6-12,16-17,22H,13-15H2,1-5H3. The Morgan fingerprint density at radius 2 is 1.48 bits per heavy atom. The molecule has 0 aliphatic carbocycles. The first kappa shape index (κ1) is 22.8. The molecule has 1 aliphatic rings. The molecule has 33 heavy (non-hydrogen) atoms. The van der Waals surface area contributed by atoms with E-state index in [1.54, 1.807) is 28.4 Å². The Hall–Kier alpha value is -3.38. The van der Waals surface area contributed by atoms with Crippen LogP contribution in [0.15, 0.2) is 54.6 Å². The Balaban J connectivity index is 1.77. The van der Waals surface area contributed by atoms with Gasteiger partial charge >= 0.3 is 0 Å². The lowest BCUT2D eigenvalue weighted by molar-refractivity contribution is 0.226. The van der Waals surface area contributed by atoms with Crippen molar-refractivity contribution in [1.82, 2.24) is 4.90 Å². The number of hydrogen-bond acceptors (Lipinski definition) is 6. The lowest BCUT2D eigenvalue weighted by Crippen LogP contribution is -2.33. The number of ether oxygens (including phenoxy) is 5. The van der Waals surface area contributed by atoms with E-state index in [2.05, 4.69) is 30.1 Å². The molecule has 1 atom stereocenters. The summed E-state index contributed by atoms with van der Waals surface area (Å²) >= 11 is 0. The molecule has 1 aliphatic heterocycles. The van der Waals surface area contributed by atoms with Crippen molar-refractivity contribution >= 4 is 0 Å². The molecular formula is C27H31NO5. The summed E-state index contributed by atoms with van der Waals surface area (Å²) in [5, 5.41) is 0. The average molecular weight is 450 g/mol. The number of rotatable bonds is 8. The van der Waals surface area contributed by atoms with Crippen LogP contribution < -0.4 is 23.7 Å². The molecule has 0 fully saturated rings. The highest BCUT2D eigenvalue weighted by atomic mass is 16.5. The van der Waals surface area contributed by atoms with Crippen LogP contribution in [-0.4, -0.2) is 46.9 Å². The van der Waals surface area contributed by atoms with Crippen LogP contribution in [0.1, 0.15) is 22.7 Å². The predicted molar refractivity (Wildman–Crippen MR) is 128 cm³/mol. The highest BCUT2D eigenvalue weighted by Gasteiger charge is 2.29. The molecule has 4 rings (SSSR count). The van der Waals surface area contributed by atoms with Crippen molar-refractivity contribution in [2.75, 3.05) is 42.0 Å². The second-order valence-corrected chi connectivity index (χ2v) is 8.06. The van der Waals surface area contributed by atoms with Gasteiger partial charge in [-0.15, -0.1) is 0 Å². The maximum atomic E-state index is 6.35. The molecule has 3 aromatic carbocycles. The second kappa shape index (κ2) is 10.0. The van der Waals surface area contributed by atoms with Crippen molar-refractivity contribution in [3.8, 4) is 34.5 Å². The minimum atomic E-state index is 0.143. The van der Waals surface area contributed by atoms with Gasteiger partial charge in [0.15, 0.2) is 23.0 Å². The van der Waals surface area contributed by atoms with Gasteiger partial charge < -0.3 is 23.7 Å². The molecule has 1 unspecified atom stereocenters. The van der Waals surface area contributed by atoms with Gasteiger partial charge in [0.2, 0.25) is 5.75 Å². The first-order valence-corrected chi connectivity index (χ1v) is 11.0. The first-order chi connectivity index (χ1) is 16.1. The predicted octanol–water partition coefficient (Wildman–Crippen LogP) is 5.29. The van der Waals surface area contributed by atoms with Crippen molar-refractivity contribution in [1.29, 1.82) is 0 Å². The summed E-state index contributed by atoms with van der Waals surface area (Å²) in [6.45, 7) is 0.954. The van der Waals surface area contributed by atoms with Crippen molar-refractivity contribution < 1.29 is 23.7 Å². The number of methoxy groups -OCH3 is 4. The maximum Gasteiger partial charge on any atom is 0.204 e. The molecule has 0 saturated heterocycles. The quantitative estimate of drug-likeness (QED) is 0.466.